The molecular formula is C32H35N3O3. The zero-order chi connectivity index (χ0) is 25.9. The molecule has 6 rings (SSSR count). The van der Waals surface area contributed by atoms with Crippen LogP contribution in [0.25, 0.3) is 10.9 Å². The molecule has 6 nitrogen and oxygen atoms in total. The number of nitrogens with zero attached hydrogens (tertiary/aromatic N) is 3. The molecule has 1 saturated heterocycles. The smallest absolute Gasteiger partial charge is 0.133 e. The lowest BCUT2D eigenvalue weighted by atomic mass is 9.92. The summed E-state index contributed by atoms with van der Waals surface area (Å²) in [5.74, 6) is 1.40. The van der Waals surface area contributed by atoms with Crippen LogP contribution < -0.4 is 9.47 Å². The molecule has 1 aliphatic carbocycles. The molecule has 1 N–H and O–H groups in total. The molecule has 6 heteroatoms. The maximum atomic E-state index is 10.8. The van der Waals surface area contributed by atoms with Gasteiger partial charge in [-0.15, -0.1) is 0 Å². The Balaban J connectivity index is 1.10. The van der Waals surface area contributed by atoms with E-state index in [4.69, 9.17) is 9.47 Å². The molecule has 1 aromatic heterocycles. The maximum Gasteiger partial charge on any atom is 0.133 e. The number of hydrogen-bond donors (Lipinski definition) is 1. The summed E-state index contributed by atoms with van der Waals surface area (Å²) in [7, 11) is 1.65. The Bertz CT molecular complexity index is 1350. The number of piperazine rings is 1. The first kappa shape index (κ1) is 24.9. The highest BCUT2D eigenvalue weighted by atomic mass is 16.5. The average Bonchev–Trinajstić information content (AvgIpc) is 3.13. The molecule has 0 bridgehead atoms. The minimum Gasteiger partial charge on any atom is -0.496 e. The molecule has 0 amide bonds. The number of aliphatic hydroxyl groups excluding tert-OH is 1. The molecule has 1 unspecified atom stereocenters. The molecule has 1 atom stereocenters. The monoisotopic (exact) mass is 509 g/mol. The van der Waals surface area contributed by atoms with Crippen molar-refractivity contribution < 1.29 is 14.6 Å². The number of rotatable bonds is 7. The Morgan fingerprint density at radius 2 is 1.53 bits per heavy atom. The van der Waals surface area contributed by atoms with E-state index >= 15 is 0 Å². The van der Waals surface area contributed by atoms with E-state index in [2.05, 4.69) is 63.3 Å². The largest absolute Gasteiger partial charge is 0.496 e. The lowest BCUT2D eigenvalue weighted by molar-refractivity contribution is 0.0403. The van der Waals surface area contributed by atoms with Gasteiger partial charge in [-0.25, -0.2) is 0 Å². The molecule has 0 spiro atoms. The van der Waals surface area contributed by atoms with E-state index in [1.165, 1.54) is 22.3 Å². The summed E-state index contributed by atoms with van der Waals surface area (Å²) >= 11 is 0. The standard InChI is InChI=1S/C32H35N3O3/c1-37-29-15-16-33-28-11-6-12-30(31(28)29)38-22-25(36)21-34-17-19-35(20-18-34)32-26-9-4-2-7-23(26)13-14-24-8-3-5-10-27(24)32/h2-12,15-16,25,32,36H,13-14,17-22H2,1H3. The molecule has 38 heavy (non-hydrogen) atoms. The molecule has 2 heterocycles. The van der Waals surface area contributed by atoms with Crippen LogP contribution in [0.4, 0.5) is 0 Å². The number of pyridine rings is 1. The van der Waals surface area contributed by atoms with Crippen LogP contribution in [0.3, 0.4) is 0 Å². The van der Waals surface area contributed by atoms with Gasteiger partial charge in [0.25, 0.3) is 0 Å². The summed E-state index contributed by atoms with van der Waals surface area (Å²) < 4.78 is 11.6. The van der Waals surface area contributed by atoms with E-state index in [1.807, 2.05) is 24.3 Å². The quantitative estimate of drug-likeness (QED) is 0.396. The summed E-state index contributed by atoms with van der Waals surface area (Å²) in [5, 5.41) is 11.7. The van der Waals surface area contributed by atoms with Gasteiger partial charge in [0.1, 0.15) is 24.2 Å². The van der Waals surface area contributed by atoms with Crippen LogP contribution >= 0.6 is 0 Å². The van der Waals surface area contributed by atoms with E-state index in [9.17, 15) is 5.11 Å². The number of hydrogen-bond acceptors (Lipinski definition) is 6. The number of fused-ring (bicyclic) bond motifs is 3. The van der Waals surface area contributed by atoms with Crippen molar-refractivity contribution in [1.82, 2.24) is 14.8 Å². The van der Waals surface area contributed by atoms with E-state index in [0.29, 0.717) is 12.3 Å². The highest BCUT2D eigenvalue weighted by molar-refractivity contribution is 5.90. The molecule has 3 aromatic carbocycles. The Morgan fingerprint density at radius 1 is 0.842 bits per heavy atom. The van der Waals surface area contributed by atoms with Crippen molar-refractivity contribution in [1.29, 1.82) is 0 Å². The topological polar surface area (TPSA) is 58.1 Å². The summed E-state index contributed by atoms with van der Waals surface area (Å²) in [6, 6.07) is 25.8. The summed E-state index contributed by atoms with van der Waals surface area (Å²) in [5.41, 5.74) is 6.63. The average molecular weight is 510 g/mol. The second-order valence-corrected chi connectivity index (χ2v) is 10.3. The van der Waals surface area contributed by atoms with Gasteiger partial charge in [0.05, 0.1) is 24.1 Å². The second-order valence-electron chi connectivity index (χ2n) is 10.3. The number of aryl methyl sites for hydroxylation is 2. The van der Waals surface area contributed by atoms with Gasteiger partial charge in [-0.05, 0) is 53.3 Å². The fraction of sp³-hybridized carbons (Fsp3) is 0.344. The van der Waals surface area contributed by atoms with E-state index in [0.717, 1.165) is 55.7 Å². The zero-order valence-corrected chi connectivity index (χ0v) is 21.9. The third-order valence-corrected chi connectivity index (χ3v) is 7.95. The fourth-order valence-corrected chi connectivity index (χ4v) is 6.06. The van der Waals surface area contributed by atoms with Crippen LogP contribution in [-0.4, -0.2) is 72.4 Å². The van der Waals surface area contributed by atoms with Gasteiger partial charge in [0.2, 0.25) is 0 Å². The third kappa shape index (κ3) is 4.99. The van der Waals surface area contributed by atoms with Gasteiger partial charge in [0.15, 0.2) is 0 Å². The lowest BCUT2D eigenvalue weighted by Gasteiger charge is -2.40. The second kappa shape index (κ2) is 11.1. The molecule has 1 fully saturated rings. The minimum atomic E-state index is -0.584. The van der Waals surface area contributed by atoms with Crippen molar-refractivity contribution in [3.8, 4) is 11.5 Å². The first-order valence-electron chi connectivity index (χ1n) is 13.6. The van der Waals surface area contributed by atoms with E-state index in [1.54, 1.807) is 13.3 Å². The Morgan fingerprint density at radius 3 is 2.21 bits per heavy atom. The van der Waals surface area contributed by atoms with Crippen LogP contribution in [0.1, 0.15) is 28.3 Å². The van der Waals surface area contributed by atoms with Gasteiger partial charge in [0, 0.05) is 38.9 Å². The molecule has 4 aromatic rings. The first-order chi connectivity index (χ1) is 18.7. The Hall–Kier alpha value is -3.45. The molecule has 0 radical (unpaired) electrons. The normalized spacial score (nSPS) is 17.4. The van der Waals surface area contributed by atoms with Crippen LogP contribution in [0.15, 0.2) is 79.0 Å². The van der Waals surface area contributed by atoms with Crippen molar-refractivity contribution >= 4 is 10.9 Å². The number of benzene rings is 3. The van der Waals surface area contributed by atoms with Gasteiger partial charge in [-0.1, -0.05) is 54.6 Å². The van der Waals surface area contributed by atoms with Gasteiger partial charge in [-0.2, -0.15) is 0 Å². The van der Waals surface area contributed by atoms with Crippen molar-refractivity contribution in [2.75, 3.05) is 46.4 Å². The van der Waals surface area contributed by atoms with Crippen molar-refractivity contribution in [3.63, 3.8) is 0 Å². The zero-order valence-electron chi connectivity index (χ0n) is 21.9. The third-order valence-electron chi connectivity index (χ3n) is 7.95. The molecular weight excluding hydrogens is 474 g/mol. The molecule has 1 aliphatic heterocycles. The van der Waals surface area contributed by atoms with Gasteiger partial charge in [-0.3, -0.25) is 14.8 Å². The van der Waals surface area contributed by atoms with Gasteiger partial charge >= 0.3 is 0 Å². The molecule has 0 saturated carbocycles. The van der Waals surface area contributed by atoms with Crippen molar-refractivity contribution in [2.45, 2.75) is 25.0 Å². The first-order valence-corrected chi connectivity index (χ1v) is 13.6. The SMILES string of the molecule is COc1ccnc2cccc(OCC(O)CN3CCN(C4c5ccccc5CCc5ccccc54)CC3)c12. The van der Waals surface area contributed by atoms with Crippen molar-refractivity contribution in [3.05, 3.63) is 101 Å². The number of β-amino-alcohol motifs (C(OH)–C–C–N with tert-alkyl or cyclic N) is 1. The fourth-order valence-electron chi connectivity index (χ4n) is 6.06. The summed E-state index contributed by atoms with van der Waals surface area (Å²) in [6.07, 6.45) is 3.33. The number of methoxy groups -OCH3 is 1. The maximum absolute atomic E-state index is 10.8. The van der Waals surface area contributed by atoms with Crippen molar-refractivity contribution in [2.24, 2.45) is 0 Å². The van der Waals surface area contributed by atoms with Crippen LogP contribution in [0.5, 0.6) is 11.5 Å². The summed E-state index contributed by atoms with van der Waals surface area (Å²) in [4.78, 5) is 9.39. The van der Waals surface area contributed by atoms with Gasteiger partial charge < -0.3 is 14.6 Å². The molecule has 196 valence electrons. The number of aromatic nitrogens is 1. The van der Waals surface area contributed by atoms with Crippen LogP contribution in [-0.2, 0) is 12.8 Å². The lowest BCUT2D eigenvalue weighted by Crippen LogP contribution is -2.50. The molecule has 2 aliphatic rings. The highest BCUT2D eigenvalue weighted by Crippen LogP contribution is 2.37. The van der Waals surface area contributed by atoms with Crippen LogP contribution in [0, 0.1) is 0 Å². The number of aliphatic hydroxyl groups is 1. The Kier molecular flexibility index (Phi) is 7.27. The summed E-state index contributed by atoms with van der Waals surface area (Å²) in [6.45, 7) is 4.58. The highest BCUT2D eigenvalue weighted by Gasteiger charge is 2.31. The van der Waals surface area contributed by atoms with E-state index in [-0.39, 0.29) is 12.6 Å². The Labute approximate surface area is 224 Å². The van der Waals surface area contributed by atoms with Crippen LogP contribution in [0.2, 0.25) is 0 Å². The van der Waals surface area contributed by atoms with E-state index < -0.39 is 6.10 Å². The number of ether oxygens (including phenoxy) is 2. The minimum absolute atomic E-state index is 0.223. The predicted octanol–water partition coefficient (Wildman–Crippen LogP) is 4.49. The predicted molar refractivity (Wildman–Crippen MR) is 150 cm³/mol.